The van der Waals surface area contributed by atoms with Crippen molar-refractivity contribution in [1.29, 1.82) is 0 Å². The van der Waals surface area contributed by atoms with Crippen molar-refractivity contribution < 1.29 is 32.9 Å². The van der Waals surface area contributed by atoms with Gasteiger partial charge >= 0.3 is 7.82 Å². The van der Waals surface area contributed by atoms with E-state index in [0.717, 1.165) is 70.6 Å². The molecule has 0 aliphatic rings. The monoisotopic (exact) mass is 1040 g/mol. The summed E-state index contributed by atoms with van der Waals surface area (Å²) in [5.41, 5.74) is 0. The zero-order chi connectivity index (χ0) is 53.5. The quantitative estimate of drug-likeness (QED) is 0.0243. The number of nitrogens with zero attached hydrogens (tertiary/aromatic N) is 1. The predicted octanol–water partition coefficient (Wildman–Crippen LogP) is 18.8. The molecule has 3 N–H and O–H groups in total. The molecule has 73 heavy (non-hydrogen) atoms. The fourth-order valence-electron chi connectivity index (χ4n) is 8.62. The van der Waals surface area contributed by atoms with Crippen LogP contribution >= 0.6 is 7.82 Å². The Morgan fingerprint density at radius 1 is 0.479 bits per heavy atom. The highest BCUT2D eigenvalue weighted by Gasteiger charge is 2.27. The number of hydrogen-bond donors (Lipinski definition) is 3. The molecule has 0 bridgehead atoms. The average Bonchev–Trinajstić information content (AvgIpc) is 3.35. The van der Waals surface area contributed by atoms with E-state index in [1.165, 1.54) is 173 Å². The summed E-state index contributed by atoms with van der Waals surface area (Å²) in [6.07, 6.45) is 76.9. The topological polar surface area (TPSA) is 105 Å². The molecule has 0 aromatic rings. The lowest BCUT2D eigenvalue weighted by Gasteiger charge is -2.25. The van der Waals surface area contributed by atoms with E-state index in [1.807, 2.05) is 27.2 Å². The first-order valence-electron chi connectivity index (χ1n) is 30.5. The zero-order valence-electron chi connectivity index (χ0n) is 48.4. The molecule has 3 unspecified atom stereocenters. The summed E-state index contributed by atoms with van der Waals surface area (Å²) >= 11 is 0. The summed E-state index contributed by atoms with van der Waals surface area (Å²) in [6, 6.07) is -0.869. The third-order valence-corrected chi connectivity index (χ3v) is 14.3. The van der Waals surface area contributed by atoms with Crippen molar-refractivity contribution in [2.75, 3.05) is 40.9 Å². The molecule has 0 aromatic carbocycles. The molecule has 0 saturated carbocycles. The Balaban J connectivity index is 4.21. The van der Waals surface area contributed by atoms with Gasteiger partial charge in [0.1, 0.15) is 13.2 Å². The summed E-state index contributed by atoms with van der Waals surface area (Å²) in [5.74, 6) is -0.189. The number of carbonyl (C=O) groups is 1. The van der Waals surface area contributed by atoms with Crippen LogP contribution in [0, 0.1) is 0 Å². The second-order valence-electron chi connectivity index (χ2n) is 21.7. The number of amides is 1. The Bertz CT molecular complexity index is 1460. The minimum Gasteiger partial charge on any atom is -0.387 e. The minimum atomic E-state index is -4.36. The Kier molecular flexibility index (Phi) is 52.7. The van der Waals surface area contributed by atoms with Crippen LogP contribution in [0.1, 0.15) is 264 Å². The van der Waals surface area contributed by atoms with Crippen molar-refractivity contribution in [2.45, 2.75) is 276 Å². The van der Waals surface area contributed by atoms with E-state index in [1.54, 1.807) is 6.08 Å². The van der Waals surface area contributed by atoms with Crippen LogP contribution in [-0.2, 0) is 18.4 Å². The van der Waals surface area contributed by atoms with E-state index >= 15 is 0 Å². The van der Waals surface area contributed by atoms with Crippen LogP contribution in [0.15, 0.2) is 85.1 Å². The molecule has 0 heterocycles. The van der Waals surface area contributed by atoms with Crippen LogP contribution in [-0.4, -0.2) is 73.4 Å². The summed E-state index contributed by atoms with van der Waals surface area (Å²) in [7, 11) is 1.55. The van der Waals surface area contributed by atoms with E-state index in [0.29, 0.717) is 17.4 Å². The average molecular weight is 1040 g/mol. The number of phosphoric ester groups is 1. The highest BCUT2D eigenvalue weighted by molar-refractivity contribution is 7.47. The third-order valence-electron chi connectivity index (χ3n) is 13.3. The van der Waals surface area contributed by atoms with Crippen LogP contribution in [0.25, 0.3) is 0 Å². The van der Waals surface area contributed by atoms with Gasteiger partial charge in [0.05, 0.1) is 39.9 Å². The van der Waals surface area contributed by atoms with Crippen LogP contribution in [0.3, 0.4) is 0 Å². The van der Waals surface area contributed by atoms with Gasteiger partial charge < -0.3 is 19.8 Å². The number of likely N-dealkylation sites (N-methyl/N-ethyl adjacent to an activating group) is 1. The molecular weight excluding hydrogens is 924 g/mol. The first-order valence-corrected chi connectivity index (χ1v) is 32.0. The summed E-state index contributed by atoms with van der Waals surface area (Å²) in [5, 5.41) is 13.9. The maximum atomic E-state index is 13.0. The van der Waals surface area contributed by atoms with Crippen molar-refractivity contribution >= 4 is 13.7 Å². The lowest BCUT2D eigenvalue weighted by Crippen LogP contribution is -2.45. The number of carbonyl (C=O) groups excluding carboxylic acids is 1. The smallest absolute Gasteiger partial charge is 0.387 e. The van der Waals surface area contributed by atoms with Gasteiger partial charge in [0.2, 0.25) is 5.91 Å². The van der Waals surface area contributed by atoms with Gasteiger partial charge in [-0.1, -0.05) is 266 Å². The van der Waals surface area contributed by atoms with E-state index in [-0.39, 0.29) is 19.1 Å². The molecule has 0 aliphatic heterocycles. The second-order valence-corrected chi connectivity index (χ2v) is 23.1. The second kappa shape index (κ2) is 54.5. The molecule has 0 aromatic heterocycles. The molecule has 0 aliphatic carbocycles. The standard InChI is InChI=1S/C64H117N2O6P/c1-6-8-10-12-14-16-18-20-22-24-26-28-30-31-32-33-34-35-36-38-40-42-44-46-48-50-52-54-56-58-64(68)65-62(61-72-73(69,70)71-60-59-66(3,4)5)63(67)57-55-53-51-49-47-45-43-41-39-37-29-27-25-23-21-19-17-15-13-11-9-7-2/h8,10,14,16,20,22,26,28,31-32,47,49,55,57,62-63,67H,6-7,9,11-13,15,17-19,21,23-25,27,29-30,33-46,48,50-54,56,58-61H2,1-5H3,(H-,65,68,69,70)/p+1/b10-8-,16-14-,22-20-,28-26-,32-31-,49-47+,57-55+. The predicted molar refractivity (Wildman–Crippen MR) is 318 cm³/mol. The van der Waals surface area contributed by atoms with Crippen molar-refractivity contribution in [1.82, 2.24) is 5.32 Å². The van der Waals surface area contributed by atoms with Gasteiger partial charge in [-0.2, -0.15) is 0 Å². The fourth-order valence-corrected chi connectivity index (χ4v) is 9.35. The highest BCUT2D eigenvalue weighted by atomic mass is 31.2. The molecule has 8 nitrogen and oxygen atoms in total. The first-order chi connectivity index (χ1) is 35.5. The molecule has 9 heteroatoms. The maximum Gasteiger partial charge on any atom is 0.472 e. The molecular formula is C64H118N2O6P+. The number of nitrogens with one attached hydrogen (secondary N) is 1. The van der Waals surface area contributed by atoms with Crippen LogP contribution < -0.4 is 5.32 Å². The molecule has 0 spiro atoms. The van der Waals surface area contributed by atoms with Crippen molar-refractivity contribution in [3.63, 3.8) is 0 Å². The van der Waals surface area contributed by atoms with Crippen LogP contribution in [0.4, 0.5) is 0 Å². The molecule has 3 atom stereocenters. The van der Waals surface area contributed by atoms with E-state index < -0.39 is 20.0 Å². The molecule has 0 saturated heterocycles. The van der Waals surface area contributed by atoms with Gasteiger partial charge in [-0.15, -0.1) is 0 Å². The lowest BCUT2D eigenvalue weighted by atomic mass is 10.0. The summed E-state index contributed by atoms with van der Waals surface area (Å²) < 4.78 is 23.7. The van der Waals surface area contributed by atoms with Crippen molar-refractivity contribution in [3.05, 3.63) is 85.1 Å². The van der Waals surface area contributed by atoms with Gasteiger partial charge in [0, 0.05) is 6.42 Å². The Morgan fingerprint density at radius 3 is 1.26 bits per heavy atom. The van der Waals surface area contributed by atoms with E-state index in [9.17, 15) is 19.4 Å². The summed E-state index contributed by atoms with van der Waals surface area (Å²) in [6.45, 7) is 4.70. The normalized spacial score (nSPS) is 14.5. The van der Waals surface area contributed by atoms with Gasteiger partial charge in [-0.3, -0.25) is 13.8 Å². The van der Waals surface area contributed by atoms with E-state index in [2.05, 4.69) is 92.1 Å². The summed E-state index contributed by atoms with van der Waals surface area (Å²) in [4.78, 5) is 23.3. The molecule has 424 valence electrons. The van der Waals surface area contributed by atoms with Crippen LogP contribution in [0.5, 0.6) is 0 Å². The molecule has 1 amide bonds. The van der Waals surface area contributed by atoms with E-state index in [4.69, 9.17) is 9.05 Å². The number of phosphoric acid groups is 1. The lowest BCUT2D eigenvalue weighted by molar-refractivity contribution is -0.870. The zero-order valence-corrected chi connectivity index (χ0v) is 49.3. The van der Waals surface area contributed by atoms with Crippen molar-refractivity contribution in [3.8, 4) is 0 Å². The largest absolute Gasteiger partial charge is 0.472 e. The first kappa shape index (κ1) is 70.7. The highest BCUT2D eigenvalue weighted by Crippen LogP contribution is 2.43. The Morgan fingerprint density at radius 2 is 0.836 bits per heavy atom. The number of hydrogen-bond acceptors (Lipinski definition) is 5. The Hall–Kier alpha value is -2.32. The van der Waals surface area contributed by atoms with Gasteiger partial charge in [0.15, 0.2) is 0 Å². The fraction of sp³-hybridized carbons (Fsp3) is 0.766. The van der Waals surface area contributed by atoms with Gasteiger partial charge in [0.25, 0.3) is 0 Å². The molecule has 0 rings (SSSR count). The van der Waals surface area contributed by atoms with Gasteiger partial charge in [-0.25, -0.2) is 4.57 Å². The van der Waals surface area contributed by atoms with Gasteiger partial charge in [-0.05, 0) is 77.0 Å². The molecule has 0 radical (unpaired) electrons. The third kappa shape index (κ3) is 57.2. The number of rotatable bonds is 55. The van der Waals surface area contributed by atoms with Crippen molar-refractivity contribution in [2.24, 2.45) is 0 Å². The maximum absolute atomic E-state index is 13.0. The number of aliphatic hydroxyl groups excluding tert-OH is 1. The molecule has 0 fully saturated rings. The SMILES string of the molecule is CC/C=C\C/C=C\C/C=C\C/C=C\C/C=C\CCCCCCCCCCCCCCCC(=O)NC(COP(=O)(O)OCC[N+](C)(C)C)C(O)/C=C/CC/C=C/CCCCCCCCCCCCCCCCCC. The Labute approximate surface area is 452 Å². The van der Waals surface area contributed by atoms with Crippen LogP contribution in [0.2, 0.25) is 0 Å². The number of unbranched alkanes of at least 4 members (excludes halogenated alkanes) is 30. The number of quaternary nitrogens is 1. The number of allylic oxidation sites excluding steroid dienone is 13. The number of aliphatic hydroxyl groups is 1. The minimum absolute atomic E-state index is 0.0532.